The van der Waals surface area contributed by atoms with Gasteiger partial charge in [0.25, 0.3) is 10.0 Å². The summed E-state index contributed by atoms with van der Waals surface area (Å²) in [5.74, 6) is 0.709. The van der Waals surface area contributed by atoms with Gasteiger partial charge in [-0.15, -0.1) is 0 Å². The van der Waals surface area contributed by atoms with E-state index in [0.29, 0.717) is 29.4 Å². The van der Waals surface area contributed by atoms with Crippen molar-refractivity contribution in [3.63, 3.8) is 0 Å². The number of carbonyl (C=O) groups excluding carboxylic acids is 1. The topological polar surface area (TPSA) is 97.6 Å². The number of thiocarbonyl (C=S) groups is 1. The maximum Gasteiger partial charge on any atom is 0.410 e. The number of carbonyl (C=O) groups is 1. The second kappa shape index (κ2) is 10.0. The highest BCUT2D eigenvalue weighted by Crippen LogP contribution is 2.29. The molecule has 4 rings (SSSR count). The van der Waals surface area contributed by atoms with Gasteiger partial charge in [-0.25, -0.2) is 27.2 Å². The minimum absolute atomic E-state index is 0.0646. The van der Waals surface area contributed by atoms with Crippen molar-refractivity contribution in [3.05, 3.63) is 48.3 Å². The van der Waals surface area contributed by atoms with Gasteiger partial charge in [-0.2, -0.15) is 0 Å². The number of benzene rings is 1. The molecule has 0 radical (unpaired) electrons. The van der Waals surface area contributed by atoms with Gasteiger partial charge >= 0.3 is 6.09 Å². The first-order valence-electron chi connectivity index (χ1n) is 12.2. The Hall–Kier alpha value is -3.05. The summed E-state index contributed by atoms with van der Waals surface area (Å²) in [5, 5.41) is 0. The summed E-state index contributed by atoms with van der Waals surface area (Å²) in [5.41, 5.74) is 1.09. The molecule has 0 spiro atoms. The molecule has 1 fully saturated rings. The van der Waals surface area contributed by atoms with Crippen LogP contribution in [0.1, 0.15) is 39.7 Å². The first-order chi connectivity index (χ1) is 17.3. The second-order valence-electron chi connectivity index (χ2n) is 10.6. The summed E-state index contributed by atoms with van der Waals surface area (Å²) >= 11 is 5.84. The summed E-state index contributed by atoms with van der Waals surface area (Å²) in [7, 11) is -2.00. The monoisotopic (exact) mass is 543 g/mol. The van der Waals surface area contributed by atoms with E-state index < -0.39 is 15.6 Å². The molecule has 0 aliphatic carbocycles. The van der Waals surface area contributed by atoms with Gasteiger partial charge in [-0.05, 0) is 58.2 Å². The van der Waals surface area contributed by atoms with E-state index in [1.165, 1.54) is 12.4 Å². The van der Waals surface area contributed by atoms with Crippen molar-refractivity contribution in [2.75, 3.05) is 25.0 Å². The molecule has 37 heavy (non-hydrogen) atoms. The summed E-state index contributed by atoms with van der Waals surface area (Å²) in [6.07, 6.45) is 3.45. The number of nitrogens with zero attached hydrogens (tertiary/aromatic N) is 5. The lowest BCUT2D eigenvalue weighted by atomic mass is 9.86. The van der Waals surface area contributed by atoms with Gasteiger partial charge < -0.3 is 14.5 Å². The molecule has 1 saturated heterocycles. The van der Waals surface area contributed by atoms with E-state index in [0.717, 1.165) is 16.0 Å². The molecule has 198 valence electrons. The quantitative estimate of drug-likeness (QED) is 0.439. The lowest BCUT2D eigenvalue weighted by Gasteiger charge is -2.39. The van der Waals surface area contributed by atoms with Crippen molar-refractivity contribution in [2.45, 2.75) is 51.5 Å². The molecule has 2 aromatic heterocycles. The third-order valence-electron chi connectivity index (χ3n) is 6.52. The van der Waals surface area contributed by atoms with Gasteiger partial charge in [-0.1, -0.05) is 36.8 Å². The van der Waals surface area contributed by atoms with Crippen LogP contribution in [0.4, 0.5) is 10.6 Å². The van der Waals surface area contributed by atoms with Crippen LogP contribution < -0.4 is 4.90 Å². The third kappa shape index (κ3) is 5.62. The van der Waals surface area contributed by atoms with Crippen molar-refractivity contribution < 1.29 is 17.9 Å². The van der Waals surface area contributed by atoms with Gasteiger partial charge in [0, 0.05) is 32.3 Å². The Morgan fingerprint density at radius 2 is 1.86 bits per heavy atom. The zero-order valence-electron chi connectivity index (χ0n) is 22.0. The Labute approximate surface area is 223 Å². The molecule has 0 unspecified atom stereocenters. The highest BCUT2D eigenvalue weighted by Gasteiger charge is 2.35. The number of rotatable bonds is 4. The third-order valence-corrected chi connectivity index (χ3v) is 8.78. The number of ether oxygens (including phenoxy) is 1. The number of aryl methyl sites for hydroxylation is 1. The maximum absolute atomic E-state index is 13.2. The van der Waals surface area contributed by atoms with E-state index in [1.54, 1.807) is 40.1 Å². The van der Waals surface area contributed by atoms with E-state index in [-0.39, 0.29) is 28.5 Å². The number of aromatic nitrogens is 3. The van der Waals surface area contributed by atoms with Crippen LogP contribution in [0.25, 0.3) is 11.2 Å². The highest BCUT2D eigenvalue weighted by atomic mass is 32.2. The molecule has 2 atom stereocenters. The van der Waals surface area contributed by atoms with Crippen LogP contribution in [0.2, 0.25) is 0 Å². The molecule has 3 heterocycles. The van der Waals surface area contributed by atoms with Crippen molar-refractivity contribution in [3.8, 4) is 0 Å². The van der Waals surface area contributed by atoms with E-state index in [1.807, 2.05) is 34.7 Å². The van der Waals surface area contributed by atoms with E-state index >= 15 is 0 Å². The Morgan fingerprint density at radius 1 is 1.19 bits per heavy atom. The van der Waals surface area contributed by atoms with Crippen LogP contribution >= 0.6 is 12.2 Å². The standard InChI is InChI=1S/C26H33N5O4S2/c1-17-7-9-19(10-8-17)37(33,34)31-14-12-21-23(31)27-15-22(28-21)29(6)24(36)20-16-30(13-11-18(20)2)25(32)35-26(3,4)5/h7-10,12,14-15,18,20H,11,13,16H2,1-6H3/t18-,20+/m1/s1. The molecule has 11 heteroatoms. The van der Waals surface area contributed by atoms with Gasteiger partial charge in [0.1, 0.15) is 11.1 Å². The zero-order valence-corrected chi connectivity index (χ0v) is 23.6. The van der Waals surface area contributed by atoms with Crippen molar-refractivity contribution >= 4 is 50.3 Å². The van der Waals surface area contributed by atoms with Crippen molar-refractivity contribution in [1.29, 1.82) is 0 Å². The van der Waals surface area contributed by atoms with Gasteiger partial charge in [0.15, 0.2) is 11.5 Å². The number of piperidine rings is 1. The minimum Gasteiger partial charge on any atom is -0.444 e. The lowest BCUT2D eigenvalue weighted by molar-refractivity contribution is 0.0158. The molecule has 1 amide bonds. The van der Waals surface area contributed by atoms with E-state index in [2.05, 4.69) is 16.9 Å². The molecule has 1 aliphatic heterocycles. The summed E-state index contributed by atoms with van der Waals surface area (Å²) in [4.78, 5) is 26.0. The van der Waals surface area contributed by atoms with Crippen LogP contribution in [0, 0.1) is 18.8 Å². The Balaban J connectivity index is 1.56. The lowest BCUT2D eigenvalue weighted by Crippen LogP contribution is -2.49. The number of likely N-dealkylation sites (tertiary alicyclic amines) is 1. The Bertz CT molecular complexity index is 1430. The molecule has 0 bridgehead atoms. The average Bonchev–Trinajstić information content (AvgIpc) is 3.27. The van der Waals surface area contributed by atoms with Crippen LogP contribution in [0.5, 0.6) is 0 Å². The second-order valence-corrected chi connectivity index (χ2v) is 12.8. The van der Waals surface area contributed by atoms with Crippen LogP contribution in [0.15, 0.2) is 47.6 Å². The van der Waals surface area contributed by atoms with Crippen LogP contribution in [0.3, 0.4) is 0 Å². The zero-order chi connectivity index (χ0) is 27.1. The van der Waals surface area contributed by atoms with E-state index in [9.17, 15) is 13.2 Å². The Morgan fingerprint density at radius 3 is 2.51 bits per heavy atom. The Kier molecular flexibility index (Phi) is 7.31. The molecule has 9 nitrogen and oxygen atoms in total. The smallest absolute Gasteiger partial charge is 0.410 e. The summed E-state index contributed by atoms with van der Waals surface area (Å²) < 4.78 is 33.1. The SMILES string of the molecule is Cc1ccc(S(=O)(=O)n2ccc3nc(N(C)C(=S)[C@H]4CN(C(=O)OC(C)(C)C)CC[C@H]4C)cnc32)cc1. The normalized spacial score (nSPS) is 18.6. The number of anilines is 1. The number of hydrogen-bond acceptors (Lipinski definition) is 7. The average molecular weight is 544 g/mol. The number of amides is 1. The van der Waals surface area contributed by atoms with Gasteiger partial charge in [0.2, 0.25) is 0 Å². The fraction of sp³-hybridized carbons (Fsp3) is 0.462. The molecule has 1 aliphatic rings. The molecule has 3 aromatic rings. The van der Waals surface area contributed by atoms with Crippen molar-refractivity contribution in [1.82, 2.24) is 18.8 Å². The van der Waals surface area contributed by atoms with E-state index in [4.69, 9.17) is 17.0 Å². The predicted octanol–water partition coefficient (Wildman–Crippen LogP) is 4.63. The maximum atomic E-state index is 13.2. The first kappa shape index (κ1) is 27.0. The molecule has 0 N–H and O–H groups in total. The fourth-order valence-corrected chi connectivity index (χ4v) is 6.00. The largest absolute Gasteiger partial charge is 0.444 e. The molecular formula is C26H33N5O4S2. The molecular weight excluding hydrogens is 510 g/mol. The molecule has 1 aromatic carbocycles. The number of hydrogen-bond donors (Lipinski definition) is 0. The number of fused-ring (bicyclic) bond motifs is 1. The summed E-state index contributed by atoms with van der Waals surface area (Å²) in [6, 6.07) is 8.30. The van der Waals surface area contributed by atoms with Gasteiger partial charge in [-0.3, -0.25) is 0 Å². The fourth-order valence-electron chi connectivity index (χ4n) is 4.30. The van der Waals surface area contributed by atoms with Crippen molar-refractivity contribution in [2.24, 2.45) is 11.8 Å². The highest BCUT2D eigenvalue weighted by molar-refractivity contribution is 7.90. The van der Waals surface area contributed by atoms with Gasteiger partial charge in [0.05, 0.1) is 16.1 Å². The van der Waals surface area contributed by atoms with Crippen LogP contribution in [-0.4, -0.2) is 64.1 Å². The summed E-state index contributed by atoms with van der Waals surface area (Å²) in [6.45, 7) is 10.7. The molecule has 0 saturated carbocycles. The minimum atomic E-state index is -3.81. The first-order valence-corrected chi connectivity index (χ1v) is 14.0. The predicted molar refractivity (Wildman–Crippen MR) is 147 cm³/mol. The van der Waals surface area contributed by atoms with Crippen LogP contribution in [-0.2, 0) is 14.8 Å².